The average Bonchev–Trinajstić information content (AvgIpc) is 3.03. The Morgan fingerprint density at radius 3 is 2.41 bits per heavy atom. The summed E-state index contributed by atoms with van der Waals surface area (Å²) in [5.41, 5.74) is 2.81. The summed E-state index contributed by atoms with van der Waals surface area (Å²) in [5, 5.41) is 0. The molecule has 1 saturated heterocycles. The molecule has 0 aromatic heterocycles. The van der Waals surface area contributed by atoms with Gasteiger partial charge in [0.05, 0.1) is 0 Å². The van der Waals surface area contributed by atoms with Crippen LogP contribution in [0.3, 0.4) is 0 Å². The van der Waals surface area contributed by atoms with Crippen molar-refractivity contribution < 1.29 is 0 Å². The Bertz CT molecular complexity index is 552. The zero-order valence-electron chi connectivity index (χ0n) is 13.5. The molecular weight excluding hydrogens is 268 g/mol. The van der Waals surface area contributed by atoms with E-state index in [2.05, 4.69) is 77.5 Å². The highest BCUT2D eigenvalue weighted by molar-refractivity contribution is 5.46. The van der Waals surface area contributed by atoms with E-state index in [0.29, 0.717) is 0 Å². The van der Waals surface area contributed by atoms with Crippen molar-refractivity contribution in [1.82, 2.24) is 4.90 Å². The molecular formula is C20H26N2. The van der Waals surface area contributed by atoms with E-state index >= 15 is 0 Å². The average molecular weight is 294 g/mol. The van der Waals surface area contributed by atoms with Crippen molar-refractivity contribution in [3.63, 3.8) is 0 Å². The van der Waals surface area contributed by atoms with Crippen molar-refractivity contribution in [1.29, 1.82) is 0 Å². The Kier molecular flexibility index (Phi) is 5.12. The molecule has 1 aliphatic rings. The predicted octanol–water partition coefficient (Wildman–Crippen LogP) is 3.69. The molecule has 1 aliphatic heterocycles. The van der Waals surface area contributed by atoms with Gasteiger partial charge in [0.15, 0.2) is 0 Å². The van der Waals surface area contributed by atoms with Gasteiger partial charge in [0.1, 0.15) is 0 Å². The quantitative estimate of drug-likeness (QED) is 0.802. The van der Waals surface area contributed by atoms with Crippen LogP contribution in [0.4, 0.5) is 5.69 Å². The zero-order chi connectivity index (χ0) is 15.2. The van der Waals surface area contributed by atoms with Crippen LogP contribution in [0, 0.1) is 5.92 Å². The van der Waals surface area contributed by atoms with Crippen molar-refractivity contribution in [2.24, 2.45) is 5.92 Å². The van der Waals surface area contributed by atoms with E-state index in [4.69, 9.17) is 0 Å². The summed E-state index contributed by atoms with van der Waals surface area (Å²) in [6.07, 6.45) is 2.46. The van der Waals surface area contributed by atoms with Crippen LogP contribution in [-0.4, -0.2) is 38.1 Å². The monoisotopic (exact) mass is 294 g/mol. The van der Waals surface area contributed by atoms with Crippen LogP contribution < -0.4 is 4.90 Å². The van der Waals surface area contributed by atoms with E-state index in [1.165, 1.54) is 37.3 Å². The van der Waals surface area contributed by atoms with Gasteiger partial charge in [-0.1, -0.05) is 48.5 Å². The van der Waals surface area contributed by atoms with Crippen LogP contribution in [-0.2, 0) is 6.42 Å². The van der Waals surface area contributed by atoms with Crippen molar-refractivity contribution in [3.8, 4) is 0 Å². The number of nitrogens with zero attached hydrogens (tertiary/aromatic N) is 2. The first kappa shape index (κ1) is 15.1. The van der Waals surface area contributed by atoms with E-state index < -0.39 is 0 Å². The third-order valence-corrected chi connectivity index (χ3v) is 4.60. The number of anilines is 1. The van der Waals surface area contributed by atoms with Crippen molar-refractivity contribution >= 4 is 5.69 Å². The molecule has 1 atom stereocenters. The molecule has 0 spiro atoms. The number of rotatable bonds is 6. The number of benzene rings is 2. The Morgan fingerprint density at radius 1 is 1.00 bits per heavy atom. The molecule has 0 N–H and O–H groups in total. The van der Waals surface area contributed by atoms with E-state index in [1.54, 1.807) is 0 Å². The van der Waals surface area contributed by atoms with Gasteiger partial charge in [0.25, 0.3) is 0 Å². The van der Waals surface area contributed by atoms with Crippen LogP contribution >= 0.6 is 0 Å². The number of hydrogen-bond acceptors (Lipinski definition) is 2. The van der Waals surface area contributed by atoms with Gasteiger partial charge in [-0.3, -0.25) is 0 Å². The largest absolute Gasteiger partial charge is 0.371 e. The fourth-order valence-electron chi connectivity index (χ4n) is 3.35. The van der Waals surface area contributed by atoms with Gasteiger partial charge in [0, 0.05) is 31.9 Å². The lowest BCUT2D eigenvalue weighted by atomic mass is 10.1. The van der Waals surface area contributed by atoms with Gasteiger partial charge >= 0.3 is 0 Å². The second-order valence-electron chi connectivity index (χ2n) is 6.43. The normalized spacial score (nSPS) is 18.1. The van der Waals surface area contributed by atoms with Gasteiger partial charge < -0.3 is 9.80 Å². The highest BCUT2D eigenvalue weighted by Crippen LogP contribution is 2.23. The molecule has 1 heterocycles. The number of para-hydroxylation sites is 1. The molecule has 1 unspecified atom stereocenters. The molecule has 1 fully saturated rings. The second kappa shape index (κ2) is 7.46. The van der Waals surface area contributed by atoms with Gasteiger partial charge in [-0.25, -0.2) is 0 Å². The third-order valence-electron chi connectivity index (χ3n) is 4.60. The first-order valence-corrected chi connectivity index (χ1v) is 8.34. The molecule has 2 nitrogen and oxygen atoms in total. The summed E-state index contributed by atoms with van der Waals surface area (Å²) < 4.78 is 0. The molecule has 2 aromatic rings. The van der Waals surface area contributed by atoms with Crippen molar-refractivity contribution in [3.05, 3.63) is 66.2 Å². The van der Waals surface area contributed by atoms with Gasteiger partial charge in [-0.15, -0.1) is 0 Å². The summed E-state index contributed by atoms with van der Waals surface area (Å²) in [6.45, 7) is 4.74. The lowest BCUT2D eigenvalue weighted by Gasteiger charge is -2.22. The summed E-state index contributed by atoms with van der Waals surface area (Å²) in [5.74, 6) is 0.793. The van der Waals surface area contributed by atoms with Crippen LogP contribution in [0.2, 0.25) is 0 Å². The number of hydrogen-bond donors (Lipinski definition) is 0. The van der Waals surface area contributed by atoms with Crippen LogP contribution in [0.25, 0.3) is 0 Å². The summed E-state index contributed by atoms with van der Waals surface area (Å²) >= 11 is 0. The minimum atomic E-state index is 0.793. The molecule has 0 bridgehead atoms. The first-order chi connectivity index (χ1) is 10.8. The topological polar surface area (TPSA) is 6.48 Å². The molecule has 116 valence electrons. The highest BCUT2D eigenvalue weighted by Gasteiger charge is 2.23. The fourth-order valence-corrected chi connectivity index (χ4v) is 3.35. The SMILES string of the molecule is CN(CCc1ccccc1)CC1CCN(c2ccccc2)C1. The second-order valence-corrected chi connectivity index (χ2v) is 6.43. The Balaban J connectivity index is 1.44. The Morgan fingerprint density at radius 2 is 1.68 bits per heavy atom. The Hall–Kier alpha value is -1.80. The maximum Gasteiger partial charge on any atom is 0.0366 e. The zero-order valence-corrected chi connectivity index (χ0v) is 13.5. The van der Waals surface area contributed by atoms with Crippen LogP contribution in [0.5, 0.6) is 0 Å². The molecule has 3 rings (SSSR count). The fraction of sp³-hybridized carbons (Fsp3) is 0.400. The highest BCUT2D eigenvalue weighted by atomic mass is 15.2. The molecule has 0 saturated carbocycles. The molecule has 0 aliphatic carbocycles. The van der Waals surface area contributed by atoms with Gasteiger partial charge in [-0.05, 0) is 43.5 Å². The first-order valence-electron chi connectivity index (χ1n) is 8.34. The summed E-state index contributed by atoms with van der Waals surface area (Å²) in [7, 11) is 2.26. The van der Waals surface area contributed by atoms with Crippen LogP contribution in [0.15, 0.2) is 60.7 Å². The minimum Gasteiger partial charge on any atom is -0.371 e. The van der Waals surface area contributed by atoms with Crippen LogP contribution in [0.1, 0.15) is 12.0 Å². The Labute approximate surface area is 134 Å². The van der Waals surface area contributed by atoms with Crippen molar-refractivity contribution in [2.75, 3.05) is 38.1 Å². The van der Waals surface area contributed by atoms with E-state index in [1.807, 2.05) is 0 Å². The summed E-state index contributed by atoms with van der Waals surface area (Å²) in [4.78, 5) is 5.02. The smallest absolute Gasteiger partial charge is 0.0366 e. The number of likely N-dealkylation sites (N-methyl/N-ethyl adjacent to an activating group) is 1. The van der Waals surface area contributed by atoms with E-state index in [9.17, 15) is 0 Å². The van der Waals surface area contributed by atoms with Crippen molar-refractivity contribution in [2.45, 2.75) is 12.8 Å². The van der Waals surface area contributed by atoms with E-state index in [0.717, 1.165) is 18.9 Å². The lowest BCUT2D eigenvalue weighted by molar-refractivity contribution is 0.290. The maximum atomic E-state index is 2.52. The molecule has 0 radical (unpaired) electrons. The van der Waals surface area contributed by atoms with Gasteiger partial charge in [-0.2, -0.15) is 0 Å². The predicted molar refractivity (Wildman–Crippen MR) is 94.4 cm³/mol. The standard InChI is InChI=1S/C20H26N2/c1-21(14-12-18-8-4-2-5-9-18)16-19-13-15-22(17-19)20-10-6-3-7-11-20/h2-11,19H,12-17H2,1H3. The lowest BCUT2D eigenvalue weighted by Crippen LogP contribution is -2.29. The molecule has 22 heavy (non-hydrogen) atoms. The third kappa shape index (κ3) is 4.11. The molecule has 2 aromatic carbocycles. The molecule has 0 amide bonds. The summed E-state index contributed by atoms with van der Waals surface area (Å²) in [6, 6.07) is 21.6. The van der Waals surface area contributed by atoms with Gasteiger partial charge in [0.2, 0.25) is 0 Å². The maximum absolute atomic E-state index is 2.52. The van der Waals surface area contributed by atoms with E-state index in [-0.39, 0.29) is 0 Å². The molecule has 2 heteroatoms. The minimum absolute atomic E-state index is 0.793.